The molecule has 0 saturated carbocycles. The first kappa shape index (κ1) is 9.97. The number of hydrogen-bond donors (Lipinski definition) is 0. The van der Waals surface area contributed by atoms with Gasteiger partial charge in [0, 0.05) is 5.92 Å². The maximum atomic E-state index is 3.76. The molecule has 1 unspecified atom stereocenters. The van der Waals surface area contributed by atoms with Gasteiger partial charge in [0.2, 0.25) is 0 Å². The minimum atomic E-state index is 0.555. The highest BCUT2D eigenvalue weighted by atomic mass is 14.1. The summed E-state index contributed by atoms with van der Waals surface area (Å²) in [5.41, 5.74) is 2.79. The van der Waals surface area contributed by atoms with E-state index in [1.165, 1.54) is 11.1 Å². The molecule has 1 aliphatic rings. The van der Waals surface area contributed by atoms with Gasteiger partial charge in [0.15, 0.2) is 0 Å². The van der Waals surface area contributed by atoms with Crippen molar-refractivity contribution in [3.05, 3.63) is 72.4 Å². The molecular formula is C15H16. The number of benzene rings is 1. The standard InChI is InChI=1S/C15H16/c1-2-6-13-9-11-15(12-10-13)14-7-4-3-5-8-14/h2-5,7-11,15H,1,6,12H2. The van der Waals surface area contributed by atoms with Crippen LogP contribution in [0.2, 0.25) is 0 Å². The summed E-state index contributed by atoms with van der Waals surface area (Å²) in [6.07, 6.45) is 10.9. The Kier molecular flexibility index (Phi) is 3.18. The largest absolute Gasteiger partial charge is 0.103 e. The first-order chi connectivity index (χ1) is 7.40. The Morgan fingerprint density at radius 2 is 2.07 bits per heavy atom. The molecule has 0 saturated heterocycles. The lowest BCUT2D eigenvalue weighted by atomic mass is 9.89. The Bertz CT molecular complexity index is 382. The van der Waals surface area contributed by atoms with Gasteiger partial charge < -0.3 is 0 Å². The first-order valence-electron chi connectivity index (χ1n) is 5.43. The molecule has 2 rings (SSSR count). The Hall–Kier alpha value is -1.56. The van der Waals surface area contributed by atoms with Crippen molar-refractivity contribution < 1.29 is 0 Å². The lowest BCUT2D eigenvalue weighted by molar-refractivity contribution is 0.841. The summed E-state index contributed by atoms with van der Waals surface area (Å²) in [6.45, 7) is 3.76. The summed E-state index contributed by atoms with van der Waals surface area (Å²) in [6, 6.07) is 10.7. The molecule has 0 spiro atoms. The molecule has 0 heterocycles. The number of rotatable bonds is 3. The van der Waals surface area contributed by atoms with Gasteiger partial charge in [-0.15, -0.1) is 6.58 Å². The third kappa shape index (κ3) is 2.47. The highest BCUT2D eigenvalue weighted by Gasteiger charge is 2.09. The van der Waals surface area contributed by atoms with Gasteiger partial charge in [-0.05, 0) is 24.0 Å². The zero-order valence-corrected chi connectivity index (χ0v) is 8.89. The molecule has 0 N–H and O–H groups in total. The Balaban J connectivity index is 2.07. The summed E-state index contributed by atoms with van der Waals surface area (Å²) in [7, 11) is 0. The molecule has 0 heteroatoms. The predicted octanol–water partition coefficient (Wildman–Crippen LogP) is 4.23. The summed E-state index contributed by atoms with van der Waals surface area (Å²) < 4.78 is 0. The summed E-state index contributed by atoms with van der Waals surface area (Å²) in [4.78, 5) is 0. The van der Waals surface area contributed by atoms with Crippen molar-refractivity contribution in [2.75, 3.05) is 0 Å². The molecule has 1 atom stereocenters. The maximum absolute atomic E-state index is 3.76. The summed E-state index contributed by atoms with van der Waals surface area (Å²) in [5, 5.41) is 0. The van der Waals surface area contributed by atoms with E-state index in [9.17, 15) is 0 Å². The third-order valence-corrected chi connectivity index (χ3v) is 2.78. The average molecular weight is 196 g/mol. The van der Waals surface area contributed by atoms with Crippen LogP contribution in [0, 0.1) is 0 Å². The number of hydrogen-bond acceptors (Lipinski definition) is 0. The smallest absolute Gasteiger partial charge is 0.00559 e. The van der Waals surface area contributed by atoms with Crippen LogP contribution in [0.3, 0.4) is 0 Å². The SMILES string of the molecule is C=CCC1=CCC(c2ccccc2)C=C1. The van der Waals surface area contributed by atoms with E-state index in [1.807, 2.05) is 6.08 Å². The van der Waals surface area contributed by atoms with Crippen LogP contribution in [-0.2, 0) is 0 Å². The maximum Gasteiger partial charge on any atom is 0.00559 e. The van der Waals surface area contributed by atoms with Crippen molar-refractivity contribution in [3.8, 4) is 0 Å². The topological polar surface area (TPSA) is 0 Å². The van der Waals surface area contributed by atoms with E-state index in [4.69, 9.17) is 0 Å². The number of allylic oxidation sites excluding steroid dienone is 5. The van der Waals surface area contributed by atoms with Gasteiger partial charge in [-0.2, -0.15) is 0 Å². The average Bonchev–Trinajstić information content (AvgIpc) is 2.32. The molecule has 1 aliphatic carbocycles. The molecule has 0 aromatic heterocycles. The van der Waals surface area contributed by atoms with Crippen molar-refractivity contribution in [1.29, 1.82) is 0 Å². The van der Waals surface area contributed by atoms with Gasteiger partial charge >= 0.3 is 0 Å². The van der Waals surface area contributed by atoms with Crippen LogP contribution < -0.4 is 0 Å². The quantitative estimate of drug-likeness (QED) is 0.634. The Morgan fingerprint density at radius 1 is 1.27 bits per heavy atom. The van der Waals surface area contributed by atoms with Crippen LogP contribution in [0.15, 0.2) is 66.8 Å². The van der Waals surface area contributed by atoms with Gasteiger partial charge in [-0.3, -0.25) is 0 Å². The van der Waals surface area contributed by atoms with Gasteiger partial charge in [0.1, 0.15) is 0 Å². The van der Waals surface area contributed by atoms with E-state index in [1.54, 1.807) is 0 Å². The molecule has 0 amide bonds. The van der Waals surface area contributed by atoms with E-state index in [-0.39, 0.29) is 0 Å². The first-order valence-corrected chi connectivity index (χ1v) is 5.43. The van der Waals surface area contributed by atoms with Crippen LogP contribution in [-0.4, -0.2) is 0 Å². The van der Waals surface area contributed by atoms with Gasteiger partial charge in [-0.1, -0.05) is 54.6 Å². The monoisotopic (exact) mass is 196 g/mol. The third-order valence-electron chi connectivity index (χ3n) is 2.78. The predicted molar refractivity (Wildman–Crippen MR) is 65.8 cm³/mol. The summed E-state index contributed by atoms with van der Waals surface area (Å²) in [5.74, 6) is 0.555. The molecule has 76 valence electrons. The van der Waals surface area contributed by atoms with Crippen molar-refractivity contribution in [2.24, 2.45) is 0 Å². The van der Waals surface area contributed by atoms with Crippen molar-refractivity contribution in [3.63, 3.8) is 0 Å². The lowest BCUT2D eigenvalue weighted by Crippen LogP contribution is -1.98. The highest BCUT2D eigenvalue weighted by molar-refractivity contribution is 5.33. The molecule has 1 aromatic rings. The lowest BCUT2D eigenvalue weighted by Gasteiger charge is -2.15. The van der Waals surface area contributed by atoms with E-state index in [2.05, 4.69) is 55.1 Å². The van der Waals surface area contributed by atoms with Gasteiger partial charge in [0.05, 0.1) is 0 Å². The van der Waals surface area contributed by atoms with Crippen molar-refractivity contribution in [1.82, 2.24) is 0 Å². The molecule has 0 radical (unpaired) electrons. The Labute approximate surface area is 91.6 Å². The zero-order valence-electron chi connectivity index (χ0n) is 8.89. The molecule has 0 fully saturated rings. The fraction of sp³-hybridized carbons (Fsp3) is 0.200. The van der Waals surface area contributed by atoms with E-state index in [0.29, 0.717) is 5.92 Å². The fourth-order valence-corrected chi connectivity index (χ4v) is 1.93. The molecule has 15 heavy (non-hydrogen) atoms. The van der Waals surface area contributed by atoms with Crippen LogP contribution >= 0.6 is 0 Å². The van der Waals surface area contributed by atoms with E-state index >= 15 is 0 Å². The molecular weight excluding hydrogens is 180 g/mol. The molecule has 1 aromatic carbocycles. The highest BCUT2D eigenvalue weighted by Crippen LogP contribution is 2.27. The second kappa shape index (κ2) is 4.79. The van der Waals surface area contributed by atoms with Crippen LogP contribution in [0.1, 0.15) is 24.3 Å². The molecule has 0 bridgehead atoms. The van der Waals surface area contributed by atoms with E-state index < -0.39 is 0 Å². The van der Waals surface area contributed by atoms with Crippen molar-refractivity contribution >= 4 is 0 Å². The van der Waals surface area contributed by atoms with Crippen LogP contribution in [0.25, 0.3) is 0 Å². The summed E-state index contributed by atoms with van der Waals surface area (Å²) >= 11 is 0. The minimum absolute atomic E-state index is 0.555. The Morgan fingerprint density at radius 3 is 2.67 bits per heavy atom. The van der Waals surface area contributed by atoms with E-state index in [0.717, 1.165) is 12.8 Å². The normalized spacial score (nSPS) is 19.7. The molecule has 0 aliphatic heterocycles. The van der Waals surface area contributed by atoms with Gasteiger partial charge in [0.25, 0.3) is 0 Å². The molecule has 0 nitrogen and oxygen atoms in total. The zero-order chi connectivity index (χ0) is 10.5. The minimum Gasteiger partial charge on any atom is -0.103 e. The fourth-order valence-electron chi connectivity index (χ4n) is 1.93. The second-order valence-electron chi connectivity index (χ2n) is 3.88. The van der Waals surface area contributed by atoms with Crippen molar-refractivity contribution in [2.45, 2.75) is 18.8 Å². The van der Waals surface area contributed by atoms with Crippen LogP contribution in [0.5, 0.6) is 0 Å². The van der Waals surface area contributed by atoms with Gasteiger partial charge in [-0.25, -0.2) is 0 Å². The van der Waals surface area contributed by atoms with Crippen LogP contribution in [0.4, 0.5) is 0 Å². The second-order valence-corrected chi connectivity index (χ2v) is 3.88.